The number of halogens is 1. The van der Waals surface area contributed by atoms with Crippen molar-refractivity contribution >= 4 is 39.0 Å². The van der Waals surface area contributed by atoms with Crippen LogP contribution >= 0.6 is 11.6 Å². The number of hydrogen-bond acceptors (Lipinski definition) is 3. The van der Waals surface area contributed by atoms with E-state index in [1.54, 1.807) is 54.3 Å². The molecule has 0 N–H and O–H groups in total. The number of fused-ring (bicyclic) bond motifs is 1. The van der Waals surface area contributed by atoms with Crippen molar-refractivity contribution < 1.29 is 13.2 Å². The Morgan fingerprint density at radius 1 is 1.04 bits per heavy atom. The van der Waals surface area contributed by atoms with Gasteiger partial charge in [-0.25, -0.2) is 13.2 Å². The van der Waals surface area contributed by atoms with Crippen LogP contribution < -0.4 is 9.21 Å². The van der Waals surface area contributed by atoms with Gasteiger partial charge in [-0.05, 0) is 55.5 Å². The van der Waals surface area contributed by atoms with Crippen molar-refractivity contribution in [3.63, 3.8) is 0 Å². The topological polar surface area (TPSA) is 57.7 Å². The van der Waals surface area contributed by atoms with Crippen LogP contribution in [0.15, 0.2) is 47.4 Å². The van der Waals surface area contributed by atoms with Crippen LogP contribution in [-0.4, -0.2) is 21.0 Å². The van der Waals surface area contributed by atoms with Gasteiger partial charge in [0.15, 0.2) is 0 Å². The summed E-state index contributed by atoms with van der Waals surface area (Å²) in [5.74, 6) is 0.383. The molecule has 0 unspecified atom stereocenters. The number of carbonyl (C=O) groups is 1. The van der Waals surface area contributed by atoms with E-state index in [2.05, 4.69) is 0 Å². The predicted octanol–water partition coefficient (Wildman–Crippen LogP) is 5.36. The fourth-order valence-corrected chi connectivity index (χ4v) is 5.97. The number of hydrogen-bond donors (Lipinski definition) is 0. The Kier molecular flexibility index (Phi) is 5.10. The highest BCUT2D eigenvalue weighted by molar-refractivity contribution is 7.94. The van der Waals surface area contributed by atoms with Crippen LogP contribution in [0.2, 0.25) is 5.02 Å². The summed E-state index contributed by atoms with van der Waals surface area (Å²) >= 11 is 6.12. The lowest BCUT2D eigenvalue weighted by Gasteiger charge is -2.38. The van der Waals surface area contributed by atoms with Gasteiger partial charge in [-0.1, -0.05) is 49.1 Å². The quantitative estimate of drug-likeness (QED) is 0.673. The molecule has 2 amide bonds. The molecule has 0 bridgehead atoms. The fourth-order valence-electron chi connectivity index (χ4n) is 4.15. The summed E-state index contributed by atoms with van der Waals surface area (Å²) < 4.78 is 27.6. The van der Waals surface area contributed by atoms with E-state index in [9.17, 15) is 13.2 Å². The van der Waals surface area contributed by atoms with Crippen molar-refractivity contribution in [1.29, 1.82) is 0 Å². The number of anilines is 2. The van der Waals surface area contributed by atoms with Gasteiger partial charge >= 0.3 is 6.03 Å². The number of aryl methyl sites for hydroxylation is 1. The summed E-state index contributed by atoms with van der Waals surface area (Å²) in [6, 6.07) is 11.2. The largest absolute Gasteiger partial charge is 0.343 e. The third-order valence-corrected chi connectivity index (χ3v) is 7.60. The number of para-hydroxylation sites is 1. The summed E-state index contributed by atoms with van der Waals surface area (Å²) in [7, 11) is -4.01. The standard InChI is InChI=1S/C21H23ClN2O3S/c1-15-11-12-17(22)13-19(15)24-21(25)23(14-16-7-3-2-4-8-16)18-9-5-6-10-20(18)28(24,26)27/h5-6,9-13,16H,2-4,7-8,14H2,1H3. The predicted molar refractivity (Wildman–Crippen MR) is 112 cm³/mol. The van der Waals surface area contributed by atoms with Crippen molar-refractivity contribution in [3.05, 3.63) is 53.1 Å². The molecule has 2 aromatic rings. The molecule has 148 valence electrons. The van der Waals surface area contributed by atoms with E-state index in [0.717, 1.165) is 30.0 Å². The molecular formula is C21H23ClN2O3S. The van der Waals surface area contributed by atoms with Gasteiger partial charge in [-0.3, -0.25) is 4.90 Å². The minimum Gasteiger partial charge on any atom is -0.292 e. The second-order valence-corrected chi connectivity index (χ2v) is 9.76. The first kappa shape index (κ1) is 19.3. The lowest BCUT2D eigenvalue weighted by atomic mass is 9.89. The molecular weight excluding hydrogens is 396 g/mol. The molecule has 0 saturated heterocycles. The molecule has 2 aliphatic rings. The van der Waals surface area contributed by atoms with Crippen LogP contribution in [0.5, 0.6) is 0 Å². The number of benzene rings is 2. The van der Waals surface area contributed by atoms with Crippen LogP contribution in [0, 0.1) is 12.8 Å². The van der Waals surface area contributed by atoms with Gasteiger partial charge in [-0.15, -0.1) is 0 Å². The van der Waals surface area contributed by atoms with Crippen molar-refractivity contribution in [2.24, 2.45) is 5.92 Å². The number of carbonyl (C=O) groups excluding carboxylic acids is 1. The number of nitrogens with zero attached hydrogens (tertiary/aromatic N) is 2. The molecule has 0 atom stereocenters. The minimum atomic E-state index is -4.01. The van der Waals surface area contributed by atoms with E-state index >= 15 is 0 Å². The molecule has 0 spiro atoms. The monoisotopic (exact) mass is 418 g/mol. The molecule has 4 rings (SSSR count). The highest BCUT2D eigenvalue weighted by Crippen LogP contribution is 2.40. The molecule has 5 nitrogen and oxygen atoms in total. The highest BCUT2D eigenvalue weighted by atomic mass is 35.5. The van der Waals surface area contributed by atoms with Crippen LogP contribution in [0.4, 0.5) is 16.2 Å². The SMILES string of the molecule is Cc1ccc(Cl)cc1N1C(=O)N(CC2CCCCC2)c2ccccc2S1(=O)=O. The van der Waals surface area contributed by atoms with Crippen molar-refractivity contribution in [2.75, 3.05) is 15.7 Å². The van der Waals surface area contributed by atoms with E-state index in [4.69, 9.17) is 11.6 Å². The van der Waals surface area contributed by atoms with Gasteiger partial charge in [0.05, 0.1) is 11.4 Å². The van der Waals surface area contributed by atoms with Gasteiger partial charge in [0.25, 0.3) is 10.0 Å². The number of sulfonamides is 1. The third-order valence-electron chi connectivity index (χ3n) is 5.63. The smallest absolute Gasteiger partial charge is 0.292 e. The van der Waals surface area contributed by atoms with E-state index in [-0.39, 0.29) is 4.90 Å². The first-order chi connectivity index (χ1) is 13.4. The maximum Gasteiger partial charge on any atom is 0.343 e. The third kappa shape index (κ3) is 3.29. The number of amides is 2. The maximum absolute atomic E-state index is 13.5. The molecule has 1 aliphatic carbocycles. The summed E-state index contributed by atoms with van der Waals surface area (Å²) in [5, 5.41) is 0.390. The maximum atomic E-state index is 13.5. The molecule has 1 heterocycles. The van der Waals surface area contributed by atoms with Crippen molar-refractivity contribution in [2.45, 2.75) is 43.9 Å². The first-order valence-corrected chi connectivity index (χ1v) is 11.4. The average molecular weight is 419 g/mol. The van der Waals surface area contributed by atoms with Gasteiger partial charge in [-0.2, -0.15) is 4.31 Å². The lowest BCUT2D eigenvalue weighted by Crippen LogP contribution is -2.52. The molecule has 0 aromatic heterocycles. The number of urea groups is 1. The van der Waals surface area contributed by atoms with Crippen LogP contribution in [0.1, 0.15) is 37.7 Å². The molecule has 1 fully saturated rings. The van der Waals surface area contributed by atoms with Crippen LogP contribution in [0.25, 0.3) is 0 Å². The fraction of sp³-hybridized carbons (Fsp3) is 0.381. The Bertz CT molecular complexity index is 1020. The van der Waals surface area contributed by atoms with Gasteiger partial charge in [0.2, 0.25) is 0 Å². The molecule has 1 aliphatic heterocycles. The molecule has 0 radical (unpaired) electrons. The molecule has 1 saturated carbocycles. The van der Waals surface area contributed by atoms with Gasteiger partial charge in [0, 0.05) is 11.6 Å². The molecule has 2 aromatic carbocycles. The Morgan fingerprint density at radius 2 is 1.75 bits per heavy atom. The van der Waals surface area contributed by atoms with Gasteiger partial charge < -0.3 is 0 Å². The zero-order valence-electron chi connectivity index (χ0n) is 15.8. The van der Waals surface area contributed by atoms with E-state index in [0.29, 0.717) is 34.4 Å². The van der Waals surface area contributed by atoms with Crippen molar-refractivity contribution in [3.8, 4) is 0 Å². The highest BCUT2D eigenvalue weighted by Gasteiger charge is 2.43. The molecule has 7 heteroatoms. The van der Waals surface area contributed by atoms with E-state index in [1.165, 1.54) is 6.42 Å². The second kappa shape index (κ2) is 7.41. The van der Waals surface area contributed by atoms with Gasteiger partial charge in [0.1, 0.15) is 4.90 Å². The van der Waals surface area contributed by atoms with Crippen molar-refractivity contribution in [1.82, 2.24) is 0 Å². The Labute approximate surface area is 171 Å². The Morgan fingerprint density at radius 3 is 2.50 bits per heavy atom. The summed E-state index contributed by atoms with van der Waals surface area (Å²) in [4.78, 5) is 15.3. The zero-order chi connectivity index (χ0) is 19.9. The van der Waals surface area contributed by atoms with Crippen LogP contribution in [0.3, 0.4) is 0 Å². The lowest BCUT2D eigenvalue weighted by molar-refractivity contribution is 0.250. The minimum absolute atomic E-state index is 0.157. The van der Waals surface area contributed by atoms with E-state index in [1.807, 2.05) is 0 Å². The van der Waals surface area contributed by atoms with E-state index < -0.39 is 16.1 Å². The molecule has 28 heavy (non-hydrogen) atoms. The normalized spacial score (nSPS) is 19.6. The first-order valence-electron chi connectivity index (χ1n) is 9.61. The average Bonchev–Trinajstić information content (AvgIpc) is 2.69. The zero-order valence-corrected chi connectivity index (χ0v) is 17.3. The Hall–Kier alpha value is -2.05. The summed E-state index contributed by atoms with van der Waals surface area (Å²) in [6.45, 7) is 2.31. The number of rotatable bonds is 3. The summed E-state index contributed by atoms with van der Waals surface area (Å²) in [5.41, 5.74) is 1.45. The van der Waals surface area contributed by atoms with Crippen LogP contribution in [-0.2, 0) is 10.0 Å². The summed E-state index contributed by atoms with van der Waals surface area (Å²) in [6.07, 6.45) is 5.67. The Balaban J connectivity index is 1.84. The second-order valence-electron chi connectivity index (χ2n) is 7.57.